The van der Waals surface area contributed by atoms with Crippen LogP contribution in [0.5, 0.6) is 5.75 Å². The Morgan fingerprint density at radius 1 is 0.944 bits per heavy atom. The van der Waals surface area contributed by atoms with Crippen LogP contribution in [-0.4, -0.2) is 7.11 Å². The zero-order chi connectivity index (χ0) is 12.4. The van der Waals surface area contributed by atoms with E-state index in [9.17, 15) is 0 Å². The van der Waals surface area contributed by atoms with Crippen LogP contribution >= 0.6 is 0 Å². The summed E-state index contributed by atoms with van der Waals surface area (Å²) >= 11 is 0. The molecule has 90 valence electrons. The second-order valence-corrected chi connectivity index (χ2v) is 4.60. The topological polar surface area (TPSA) is 9.23 Å². The highest BCUT2D eigenvalue weighted by atomic mass is 16.5. The van der Waals surface area contributed by atoms with Crippen LogP contribution in [0.15, 0.2) is 48.5 Å². The van der Waals surface area contributed by atoms with Crippen LogP contribution < -0.4 is 4.74 Å². The van der Waals surface area contributed by atoms with Crippen molar-refractivity contribution in [3.05, 3.63) is 65.2 Å². The zero-order valence-corrected chi connectivity index (χ0v) is 10.5. The van der Waals surface area contributed by atoms with Gasteiger partial charge in [-0.25, -0.2) is 0 Å². The molecule has 0 bridgehead atoms. The maximum absolute atomic E-state index is 5.29. The summed E-state index contributed by atoms with van der Waals surface area (Å²) in [7, 11) is 1.71. The minimum atomic E-state index is 0.923. The third-order valence-corrected chi connectivity index (χ3v) is 3.49. The molecule has 2 aromatic carbocycles. The lowest BCUT2D eigenvalue weighted by Crippen LogP contribution is -1.98. The number of aryl methyl sites for hydroxylation is 1. The van der Waals surface area contributed by atoms with Gasteiger partial charge in [-0.1, -0.05) is 42.5 Å². The molecular weight excluding hydrogens is 220 g/mol. The van der Waals surface area contributed by atoms with E-state index in [1.54, 1.807) is 7.11 Å². The first kappa shape index (κ1) is 11.1. The van der Waals surface area contributed by atoms with Gasteiger partial charge >= 0.3 is 0 Å². The van der Waals surface area contributed by atoms with Crippen LogP contribution in [0.4, 0.5) is 0 Å². The molecule has 0 amide bonds. The molecule has 0 aliphatic heterocycles. The highest BCUT2D eigenvalue weighted by Gasteiger charge is 2.11. The second kappa shape index (κ2) is 4.69. The molecular formula is C17H16O. The molecule has 0 aromatic heterocycles. The molecule has 3 rings (SSSR count). The normalized spacial score (nSPS) is 13.7. The van der Waals surface area contributed by atoms with Gasteiger partial charge in [0.1, 0.15) is 5.75 Å². The SMILES string of the molecule is COc1cccc(C2=Cc3ccccc3CC2)c1. The van der Waals surface area contributed by atoms with Gasteiger partial charge in [0, 0.05) is 0 Å². The van der Waals surface area contributed by atoms with E-state index >= 15 is 0 Å². The fourth-order valence-electron chi connectivity index (χ4n) is 2.48. The molecule has 1 heteroatoms. The average Bonchev–Trinajstić information content (AvgIpc) is 2.47. The van der Waals surface area contributed by atoms with Gasteiger partial charge in [0.2, 0.25) is 0 Å². The first-order valence-corrected chi connectivity index (χ1v) is 6.30. The third-order valence-electron chi connectivity index (χ3n) is 3.49. The van der Waals surface area contributed by atoms with Gasteiger partial charge in [0.05, 0.1) is 7.11 Å². The number of hydrogen-bond donors (Lipinski definition) is 0. The lowest BCUT2D eigenvalue weighted by molar-refractivity contribution is 0.414. The lowest BCUT2D eigenvalue weighted by Gasteiger charge is -2.17. The number of rotatable bonds is 2. The molecule has 0 unspecified atom stereocenters. The van der Waals surface area contributed by atoms with Crippen molar-refractivity contribution in [2.45, 2.75) is 12.8 Å². The van der Waals surface area contributed by atoms with Gasteiger partial charge in [0.25, 0.3) is 0 Å². The van der Waals surface area contributed by atoms with Crippen molar-refractivity contribution >= 4 is 11.6 Å². The monoisotopic (exact) mass is 236 g/mol. The van der Waals surface area contributed by atoms with Crippen LogP contribution in [0.1, 0.15) is 23.1 Å². The molecule has 0 saturated heterocycles. The Hall–Kier alpha value is -2.02. The van der Waals surface area contributed by atoms with Crippen LogP contribution in [0.25, 0.3) is 11.6 Å². The lowest BCUT2D eigenvalue weighted by atomic mass is 9.89. The largest absolute Gasteiger partial charge is 0.497 e. The maximum Gasteiger partial charge on any atom is 0.119 e. The minimum Gasteiger partial charge on any atom is -0.497 e. The zero-order valence-electron chi connectivity index (χ0n) is 10.5. The minimum absolute atomic E-state index is 0.923. The molecule has 0 saturated carbocycles. The van der Waals surface area contributed by atoms with E-state index in [0.29, 0.717) is 0 Å². The summed E-state index contributed by atoms with van der Waals surface area (Å²) in [6, 6.07) is 16.9. The van der Waals surface area contributed by atoms with Crippen LogP contribution in [0.3, 0.4) is 0 Å². The molecule has 0 heterocycles. The van der Waals surface area contributed by atoms with Crippen molar-refractivity contribution in [2.75, 3.05) is 7.11 Å². The molecule has 1 nitrogen and oxygen atoms in total. The van der Waals surface area contributed by atoms with Crippen LogP contribution in [0.2, 0.25) is 0 Å². The second-order valence-electron chi connectivity index (χ2n) is 4.60. The molecule has 1 aliphatic carbocycles. The van der Waals surface area contributed by atoms with Crippen molar-refractivity contribution in [3.8, 4) is 5.75 Å². The van der Waals surface area contributed by atoms with Crippen molar-refractivity contribution < 1.29 is 4.74 Å². The standard InChI is InChI=1S/C17H16O/c1-18-17-8-4-7-15(12-17)16-10-9-13-5-2-3-6-14(13)11-16/h2-8,11-12H,9-10H2,1H3. The molecule has 1 aliphatic rings. The maximum atomic E-state index is 5.29. The fourth-order valence-corrected chi connectivity index (χ4v) is 2.48. The Labute approximate surface area is 108 Å². The van der Waals surface area contributed by atoms with Crippen molar-refractivity contribution in [2.24, 2.45) is 0 Å². The predicted octanol–water partition coefficient (Wildman–Crippen LogP) is 4.18. The van der Waals surface area contributed by atoms with E-state index in [2.05, 4.69) is 48.5 Å². The van der Waals surface area contributed by atoms with Gasteiger partial charge < -0.3 is 4.74 Å². The summed E-state index contributed by atoms with van der Waals surface area (Å²) in [6.07, 6.45) is 4.52. The Morgan fingerprint density at radius 3 is 2.72 bits per heavy atom. The summed E-state index contributed by atoms with van der Waals surface area (Å²) in [4.78, 5) is 0. The van der Waals surface area contributed by atoms with Gasteiger partial charge in [0.15, 0.2) is 0 Å². The van der Waals surface area contributed by atoms with Gasteiger partial charge in [-0.3, -0.25) is 0 Å². The van der Waals surface area contributed by atoms with Crippen LogP contribution in [-0.2, 0) is 6.42 Å². The van der Waals surface area contributed by atoms with E-state index in [4.69, 9.17) is 4.74 Å². The summed E-state index contributed by atoms with van der Waals surface area (Å²) in [5.74, 6) is 0.923. The van der Waals surface area contributed by atoms with Gasteiger partial charge in [-0.05, 0) is 47.2 Å². The number of allylic oxidation sites excluding steroid dienone is 1. The Bertz CT molecular complexity index is 596. The Kier molecular flexibility index (Phi) is 2.89. The van der Waals surface area contributed by atoms with E-state index in [-0.39, 0.29) is 0 Å². The molecule has 2 aromatic rings. The van der Waals surface area contributed by atoms with Crippen molar-refractivity contribution in [3.63, 3.8) is 0 Å². The summed E-state index contributed by atoms with van der Waals surface area (Å²) < 4.78 is 5.29. The van der Waals surface area contributed by atoms with Gasteiger partial charge in [-0.15, -0.1) is 0 Å². The third kappa shape index (κ3) is 2.04. The number of methoxy groups -OCH3 is 1. The molecule has 0 radical (unpaired) electrons. The summed E-state index contributed by atoms with van der Waals surface area (Å²) in [6.45, 7) is 0. The molecule has 18 heavy (non-hydrogen) atoms. The van der Waals surface area contributed by atoms with E-state index < -0.39 is 0 Å². The predicted molar refractivity (Wildman–Crippen MR) is 75.6 cm³/mol. The number of ether oxygens (including phenoxy) is 1. The number of benzene rings is 2. The van der Waals surface area contributed by atoms with Crippen molar-refractivity contribution in [1.29, 1.82) is 0 Å². The summed E-state index contributed by atoms with van der Waals surface area (Å²) in [5, 5.41) is 0. The quantitative estimate of drug-likeness (QED) is 0.760. The molecule has 0 fully saturated rings. The summed E-state index contributed by atoms with van der Waals surface area (Å²) in [5.41, 5.74) is 5.46. The Morgan fingerprint density at radius 2 is 1.83 bits per heavy atom. The average molecular weight is 236 g/mol. The van der Waals surface area contributed by atoms with E-state index in [0.717, 1.165) is 18.6 Å². The van der Waals surface area contributed by atoms with Gasteiger partial charge in [-0.2, -0.15) is 0 Å². The smallest absolute Gasteiger partial charge is 0.119 e. The highest BCUT2D eigenvalue weighted by molar-refractivity contribution is 5.84. The van der Waals surface area contributed by atoms with E-state index in [1.807, 2.05) is 6.07 Å². The molecule has 0 atom stereocenters. The highest BCUT2D eigenvalue weighted by Crippen LogP contribution is 2.31. The van der Waals surface area contributed by atoms with E-state index in [1.165, 1.54) is 22.3 Å². The molecule has 0 spiro atoms. The first-order chi connectivity index (χ1) is 8.86. The first-order valence-electron chi connectivity index (χ1n) is 6.30. The van der Waals surface area contributed by atoms with Crippen LogP contribution in [0, 0.1) is 0 Å². The van der Waals surface area contributed by atoms with Crippen molar-refractivity contribution in [1.82, 2.24) is 0 Å². The number of fused-ring (bicyclic) bond motifs is 1. The Balaban J connectivity index is 2.01. The molecule has 0 N–H and O–H groups in total. The fraction of sp³-hybridized carbons (Fsp3) is 0.176. The number of hydrogen-bond acceptors (Lipinski definition) is 1.